The number of fused-ring (bicyclic) bond motifs is 3. The smallest absolute Gasteiger partial charge is 0.416 e. The molecule has 3 aromatic rings. The molecule has 0 N–H and O–H groups in total. The summed E-state index contributed by atoms with van der Waals surface area (Å²) in [5, 5.41) is 0. The van der Waals surface area contributed by atoms with Crippen LogP contribution in [0.25, 0.3) is 0 Å². The van der Waals surface area contributed by atoms with Crippen LogP contribution < -0.4 is 14.7 Å². The number of carbonyl (C=O) groups excluding carboxylic acids is 3. The molecule has 3 aromatic heterocycles. The molecule has 0 saturated carbocycles. The summed E-state index contributed by atoms with van der Waals surface area (Å²) in [7, 11) is 0. The number of halogens is 2. The van der Waals surface area contributed by atoms with Crippen molar-refractivity contribution in [1.82, 2.24) is 28.7 Å². The van der Waals surface area contributed by atoms with Crippen LogP contribution in [0.3, 0.4) is 0 Å². The van der Waals surface area contributed by atoms with Crippen molar-refractivity contribution < 1.29 is 28.6 Å². The Labute approximate surface area is 296 Å². The Morgan fingerprint density at radius 2 is 1.15 bits per heavy atom. The highest BCUT2D eigenvalue weighted by atomic mass is 127. The van der Waals surface area contributed by atoms with Crippen LogP contribution in [0.5, 0.6) is 0 Å². The predicted octanol–water partition coefficient (Wildman–Crippen LogP) is 6.28. The molecule has 0 radical (unpaired) electrons. The molecule has 0 unspecified atom stereocenters. The molecule has 15 nitrogen and oxygen atoms in total. The van der Waals surface area contributed by atoms with Gasteiger partial charge in [-0.15, -0.1) is 0 Å². The van der Waals surface area contributed by atoms with E-state index in [1.807, 2.05) is 76.0 Å². The van der Waals surface area contributed by atoms with Crippen molar-refractivity contribution in [3.05, 3.63) is 33.5 Å². The zero-order chi connectivity index (χ0) is 34.9. The highest BCUT2D eigenvalue weighted by Crippen LogP contribution is 2.29. The molecular formula is C30H43BrIN9O6. The minimum Gasteiger partial charge on any atom is -0.443 e. The van der Waals surface area contributed by atoms with E-state index in [2.05, 4.69) is 53.5 Å². The first kappa shape index (κ1) is 36.5. The lowest BCUT2D eigenvalue weighted by molar-refractivity contribution is 0.0572. The Morgan fingerprint density at radius 1 is 0.660 bits per heavy atom. The number of carbonyl (C=O) groups is 3. The van der Waals surface area contributed by atoms with Gasteiger partial charge in [0.15, 0.2) is 10.6 Å². The Kier molecular flexibility index (Phi) is 10.9. The van der Waals surface area contributed by atoms with Crippen molar-refractivity contribution in [3.8, 4) is 0 Å². The first-order valence-electron chi connectivity index (χ1n) is 15.2. The summed E-state index contributed by atoms with van der Waals surface area (Å²) in [6.07, 6.45) is 5.89. The first-order chi connectivity index (χ1) is 21.7. The molecule has 0 aromatic carbocycles. The fourth-order valence-corrected chi connectivity index (χ4v) is 5.90. The lowest BCUT2D eigenvalue weighted by atomic mass is 10.2. The van der Waals surface area contributed by atoms with Crippen LogP contribution >= 0.6 is 38.5 Å². The van der Waals surface area contributed by atoms with Crippen molar-refractivity contribution in [2.75, 3.05) is 34.3 Å². The molecule has 0 bridgehead atoms. The molecule has 0 atom stereocenters. The van der Waals surface area contributed by atoms with Gasteiger partial charge in [-0.05, 0) is 101 Å². The Balaban J connectivity index is 0.000000160. The minimum atomic E-state index is -0.470. The zero-order valence-corrected chi connectivity index (χ0v) is 32.0. The maximum atomic E-state index is 11.9. The summed E-state index contributed by atoms with van der Waals surface area (Å²) in [6.45, 7) is 21.0. The van der Waals surface area contributed by atoms with Gasteiger partial charge < -0.3 is 27.9 Å². The van der Waals surface area contributed by atoms with E-state index in [1.165, 1.54) is 0 Å². The summed E-state index contributed by atoms with van der Waals surface area (Å²) >= 11 is 5.45. The second-order valence-corrected chi connectivity index (χ2v) is 15.7. The van der Waals surface area contributed by atoms with Crippen LogP contribution in [0.2, 0.25) is 0 Å². The van der Waals surface area contributed by atoms with E-state index in [0.29, 0.717) is 19.6 Å². The van der Waals surface area contributed by atoms with Gasteiger partial charge in [-0.3, -0.25) is 14.7 Å². The summed E-state index contributed by atoms with van der Waals surface area (Å²) in [5.74, 6) is 2.43. The van der Waals surface area contributed by atoms with E-state index in [4.69, 9.17) is 14.2 Å². The molecule has 6 heterocycles. The van der Waals surface area contributed by atoms with Gasteiger partial charge in [-0.25, -0.2) is 29.3 Å². The van der Waals surface area contributed by atoms with Gasteiger partial charge in [0.25, 0.3) is 0 Å². The monoisotopic (exact) mass is 831 g/mol. The first-order valence-corrected chi connectivity index (χ1v) is 17.0. The SMILES string of the molecule is CC(C)(C)OC(=O)N1CCn2c1cnc2Br.CC(C)(C)OC(=O)N1CCn2cnc(I)c21.CC(C)(C)OC(=O)N1CCn2cncc21. The van der Waals surface area contributed by atoms with Gasteiger partial charge >= 0.3 is 18.3 Å². The van der Waals surface area contributed by atoms with Gasteiger partial charge in [0.05, 0.1) is 25.0 Å². The molecule has 3 amide bonds. The maximum Gasteiger partial charge on any atom is 0.416 e. The number of nitrogens with zero attached hydrogens (tertiary/aromatic N) is 9. The Bertz CT molecular complexity index is 1600. The Hall–Kier alpha value is -3.35. The summed E-state index contributed by atoms with van der Waals surface area (Å²) in [5.41, 5.74) is -1.39. The second-order valence-electron chi connectivity index (χ2n) is 13.9. The number of ether oxygens (including phenoxy) is 3. The lowest BCUT2D eigenvalue weighted by Crippen LogP contribution is -2.36. The topological polar surface area (TPSA) is 142 Å². The molecule has 0 saturated heterocycles. The van der Waals surface area contributed by atoms with Crippen molar-refractivity contribution in [2.45, 2.75) is 98.8 Å². The normalized spacial score (nSPS) is 15.2. The maximum absolute atomic E-state index is 11.9. The third-order valence-electron chi connectivity index (χ3n) is 6.57. The third kappa shape index (κ3) is 9.39. The number of anilines is 3. The average molecular weight is 833 g/mol. The number of rotatable bonds is 0. The van der Waals surface area contributed by atoms with Crippen molar-refractivity contribution in [1.29, 1.82) is 0 Å². The van der Waals surface area contributed by atoms with E-state index < -0.39 is 16.8 Å². The van der Waals surface area contributed by atoms with Crippen molar-refractivity contribution in [3.63, 3.8) is 0 Å². The third-order valence-corrected chi connectivity index (χ3v) is 7.96. The van der Waals surface area contributed by atoms with Gasteiger partial charge in [0.2, 0.25) is 0 Å². The lowest BCUT2D eigenvalue weighted by Gasteiger charge is -2.23. The van der Waals surface area contributed by atoms with Crippen LogP contribution in [0.4, 0.5) is 31.8 Å². The van der Waals surface area contributed by atoms with E-state index in [-0.39, 0.29) is 18.3 Å². The standard InChI is InChI=1S/C10H14BrN3O2.C10H14IN3O2.C10H15N3O2/c1-10(2,3)16-9(15)14-5-4-13-7(14)6-12-8(13)11;1-10(2,3)16-9(15)14-5-4-13-6-12-7(11)8(13)14;1-10(2,3)15-9(14)13-5-4-12-7-11-6-8(12)13/h2*6H,4-5H2,1-3H3;6-7H,4-5H2,1-3H3. The fourth-order valence-electron chi connectivity index (χ4n) is 4.71. The fraction of sp³-hybridized carbons (Fsp3) is 0.600. The summed E-state index contributed by atoms with van der Waals surface area (Å²) in [4.78, 5) is 52.7. The molecule has 17 heteroatoms. The molecule has 258 valence electrons. The second kappa shape index (κ2) is 14.0. The summed E-state index contributed by atoms with van der Waals surface area (Å²) < 4.78 is 23.4. The van der Waals surface area contributed by atoms with Crippen LogP contribution in [0, 0.1) is 3.70 Å². The largest absolute Gasteiger partial charge is 0.443 e. The molecule has 0 aliphatic carbocycles. The van der Waals surface area contributed by atoms with Crippen LogP contribution in [-0.2, 0) is 33.8 Å². The van der Waals surface area contributed by atoms with Gasteiger partial charge in [-0.2, -0.15) is 0 Å². The predicted molar refractivity (Wildman–Crippen MR) is 188 cm³/mol. The number of hydrogen-bond donors (Lipinski definition) is 0. The van der Waals surface area contributed by atoms with Crippen molar-refractivity contribution >= 4 is 74.3 Å². The molecule has 0 fully saturated rings. The van der Waals surface area contributed by atoms with Crippen molar-refractivity contribution in [2.24, 2.45) is 0 Å². The quantitative estimate of drug-likeness (QED) is 0.189. The van der Waals surface area contributed by atoms with E-state index in [1.54, 1.807) is 39.7 Å². The molecule has 3 aliphatic rings. The molecule has 6 rings (SSSR count). The minimum absolute atomic E-state index is 0.301. The summed E-state index contributed by atoms with van der Waals surface area (Å²) in [6, 6.07) is 0. The van der Waals surface area contributed by atoms with E-state index in [0.717, 1.165) is 45.5 Å². The average Bonchev–Trinajstić information content (AvgIpc) is 3.73. The molecular weight excluding hydrogens is 789 g/mol. The Morgan fingerprint density at radius 3 is 1.72 bits per heavy atom. The van der Waals surface area contributed by atoms with Crippen LogP contribution in [-0.4, -0.2) is 83.4 Å². The number of aromatic nitrogens is 6. The number of amides is 3. The zero-order valence-electron chi connectivity index (χ0n) is 28.3. The van der Waals surface area contributed by atoms with E-state index in [9.17, 15) is 14.4 Å². The van der Waals surface area contributed by atoms with Gasteiger partial charge in [0.1, 0.15) is 32.1 Å². The number of imidazole rings is 3. The van der Waals surface area contributed by atoms with Crippen LogP contribution in [0.1, 0.15) is 62.3 Å². The highest BCUT2D eigenvalue weighted by Gasteiger charge is 2.33. The molecule has 3 aliphatic heterocycles. The molecule has 0 spiro atoms. The number of hydrogen-bond acceptors (Lipinski definition) is 9. The molecule has 47 heavy (non-hydrogen) atoms. The van der Waals surface area contributed by atoms with Gasteiger partial charge in [0, 0.05) is 39.3 Å². The van der Waals surface area contributed by atoms with Crippen LogP contribution in [0.15, 0.2) is 29.8 Å². The van der Waals surface area contributed by atoms with E-state index >= 15 is 0 Å². The van der Waals surface area contributed by atoms with Gasteiger partial charge in [-0.1, -0.05) is 0 Å². The highest BCUT2D eigenvalue weighted by molar-refractivity contribution is 14.1.